The van der Waals surface area contributed by atoms with Gasteiger partial charge in [0, 0.05) is 27.3 Å². The third-order valence-corrected chi connectivity index (χ3v) is 3.77. The maximum Gasteiger partial charge on any atom is 0.128 e. The standard InChI is InChI=1S/C14H12BrClFN/c1-9-6-12(3-4-13(9)15)18-8-10-7-11(16)2-5-14(10)17/h2-7,18H,8H2,1H3. The summed E-state index contributed by atoms with van der Waals surface area (Å²) in [6.45, 7) is 2.42. The molecule has 0 unspecified atom stereocenters. The summed E-state index contributed by atoms with van der Waals surface area (Å²) in [5.41, 5.74) is 2.64. The minimum absolute atomic E-state index is 0.249. The first-order valence-corrected chi connectivity index (χ1v) is 6.67. The van der Waals surface area contributed by atoms with E-state index in [2.05, 4.69) is 21.2 Å². The number of aryl methyl sites for hydroxylation is 1. The Balaban J connectivity index is 2.11. The van der Waals surface area contributed by atoms with Crippen LogP contribution in [0.25, 0.3) is 0 Å². The molecule has 2 aromatic carbocycles. The van der Waals surface area contributed by atoms with Crippen LogP contribution in [-0.2, 0) is 6.54 Å². The Hall–Kier alpha value is -1.06. The number of anilines is 1. The van der Waals surface area contributed by atoms with Gasteiger partial charge in [0.1, 0.15) is 5.82 Å². The molecule has 0 amide bonds. The van der Waals surface area contributed by atoms with Crippen LogP contribution in [-0.4, -0.2) is 0 Å². The second kappa shape index (κ2) is 5.72. The fourth-order valence-corrected chi connectivity index (χ4v) is 2.07. The molecule has 0 aliphatic heterocycles. The van der Waals surface area contributed by atoms with Crippen LogP contribution in [0, 0.1) is 12.7 Å². The lowest BCUT2D eigenvalue weighted by Gasteiger charge is -2.09. The Bertz CT molecular complexity index is 572. The number of benzene rings is 2. The van der Waals surface area contributed by atoms with Crippen LogP contribution in [0.5, 0.6) is 0 Å². The van der Waals surface area contributed by atoms with E-state index in [-0.39, 0.29) is 5.82 Å². The minimum atomic E-state index is -0.249. The van der Waals surface area contributed by atoms with E-state index in [1.165, 1.54) is 6.07 Å². The summed E-state index contributed by atoms with van der Waals surface area (Å²) in [5, 5.41) is 3.72. The summed E-state index contributed by atoms with van der Waals surface area (Å²) in [7, 11) is 0. The molecule has 1 N–H and O–H groups in total. The molecule has 0 radical (unpaired) electrons. The van der Waals surface area contributed by atoms with Crippen LogP contribution in [0.4, 0.5) is 10.1 Å². The van der Waals surface area contributed by atoms with Crippen molar-refractivity contribution in [2.45, 2.75) is 13.5 Å². The smallest absolute Gasteiger partial charge is 0.128 e. The molecule has 18 heavy (non-hydrogen) atoms. The lowest BCUT2D eigenvalue weighted by Crippen LogP contribution is -2.02. The molecule has 0 spiro atoms. The molecule has 0 aromatic heterocycles. The van der Waals surface area contributed by atoms with Crippen molar-refractivity contribution in [3.8, 4) is 0 Å². The molecule has 0 aliphatic rings. The molecule has 2 aromatic rings. The average molecular weight is 329 g/mol. The molecule has 0 fully saturated rings. The van der Waals surface area contributed by atoms with Gasteiger partial charge in [-0.2, -0.15) is 0 Å². The van der Waals surface area contributed by atoms with Gasteiger partial charge in [-0.1, -0.05) is 27.5 Å². The van der Waals surface area contributed by atoms with Crippen molar-refractivity contribution >= 4 is 33.2 Å². The predicted molar refractivity (Wildman–Crippen MR) is 77.6 cm³/mol. The van der Waals surface area contributed by atoms with E-state index in [1.54, 1.807) is 12.1 Å². The number of nitrogens with one attached hydrogen (secondary N) is 1. The van der Waals surface area contributed by atoms with E-state index < -0.39 is 0 Å². The topological polar surface area (TPSA) is 12.0 Å². The summed E-state index contributed by atoms with van der Waals surface area (Å²) in [4.78, 5) is 0. The van der Waals surface area contributed by atoms with Gasteiger partial charge in [-0.3, -0.25) is 0 Å². The van der Waals surface area contributed by atoms with Gasteiger partial charge < -0.3 is 5.32 Å². The lowest BCUT2D eigenvalue weighted by molar-refractivity contribution is 0.613. The van der Waals surface area contributed by atoms with Gasteiger partial charge in [0.25, 0.3) is 0 Å². The third-order valence-electron chi connectivity index (χ3n) is 2.65. The summed E-state index contributed by atoms with van der Waals surface area (Å²) in [6, 6.07) is 10.5. The number of hydrogen-bond acceptors (Lipinski definition) is 1. The molecule has 0 saturated carbocycles. The highest BCUT2D eigenvalue weighted by Gasteiger charge is 2.03. The second-order valence-electron chi connectivity index (χ2n) is 4.05. The van der Waals surface area contributed by atoms with Crippen LogP contribution in [0.15, 0.2) is 40.9 Å². The van der Waals surface area contributed by atoms with E-state index in [4.69, 9.17) is 11.6 Å². The van der Waals surface area contributed by atoms with Crippen molar-refractivity contribution < 1.29 is 4.39 Å². The summed E-state index contributed by atoms with van der Waals surface area (Å²) < 4.78 is 14.6. The Morgan fingerprint density at radius 1 is 1.22 bits per heavy atom. The maximum absolute atomic E-state index is 13.5. The molecule has 0 atom stereocenters. The Kier molecular flexibility index (Phi) is 4.25. The molecular formula is C14H12BrClFN. The lowest BCUT2D eigenvalue weighted by atomic mass is 10.2. The zero-order valence-corrected chi connectivity index (χ0v) is 12.1. The van der Waals surface area contributed by atoms with Crippen molar-refractivity contribution in [2.75, 3.05) is 5.32 Å². The summed E-state index contributed by atoms with van der Waals surface area (Å²) in [6.07, 6.45) is 0. The third kappa shape index (κ3) is 3.24. The van der Waals surface area contributed by atoms with Gasteiger partial charge in [0.2, 0.25) is 0 Å². The average Bonchev–Trinajstić information content (AvgIpc) is 2.34. The van der Waals surface area contributed by atoms with Gasteiger partial charge in [-0.25, -0.2) is 4.39 Å². The van der Waals surface area contributed by atoms with Crippen molar-refractivity contribution in [1.82, 2.24) is 0 Å². The van der Waals surface area contributed by atoms with Crippen molar-refractivity contribution in [3.05, 3.63) is 62.8 Å². The predicted octanol–water partition coefficient (Wildman–Crippen LogP) is 5.16. The first-order valence-electron chi connectivity index (χ1n) is 5.50. The van der Waals surface area contributed by atoms with Gasteiger partial charge in [0.15, 0.2) is 0 Å². The minimum Gasteiger partial charge on any atom is -0.381 e. The fraction of sp³-hybridized carbons (Fsp3) is 0.143. The summed E-state index contributed by atoms with van der Waals surface area (Å²) in [5.74, 6) is -0.249. The van der Waals surface area contributed by atoms with Crippen LogP contribution < -0.4 is 5.32 Å². The maximum atomic E-state index is 13.5. The van der Waals surface area contributed by atoms with E-state index in [9.17, 15) is 4.39 Å². The Morgan fingerprint density at radius 2 is 2.00 bits per heavy atom. The molecule has 0 bridgehead atoms. The van der Waals surface area contributed by atoms with Crippen LogP contribution in [0.2, 0.25) is 5.02 Å². The van der Waals surface area contributed by atoms with Crippen molar-refractivity contribution in [2.24, 2.45) is 0 Å². The van der Waals surface area contributed by atoms with Crippen LogP contribution >= 0.6 is 27.5 Å². The zero-order valence-electron chi connectivity index (χ0n) is 9.81. The summed E-state index contributed by atoms with van der Waals surface area (Å²) >= 11 is 9.29. The largest absolute Gasteiger partial charge is 0.381 e. The molecule has 2 rings (SSSR count). The first-order chi connectivity index (χ1) is 8.56. The molecule has 4 heteroatoms. The van der Waals surface area contributed by atoms with Crippen molar-refractivity contribution in [3.63, 3.8) is 0 Å². The molecule has 1 nitrogen and oxygen atoms in total. The highest BCUT2D eigenvalue weighted by atomic mass is 79.9. The SMILES string of the molecule is Cc1cc(NCc2cc(Cl)ccc2F)ccc1Br. The van der Waals surface area contributed by atoms with Gasteiger partial charge in [-0.05, 0) is 48.9 Å². The highest BCUT2D eigenvalue weighted by molar-refractivity contribution is 9.10. The Labute approximate surface area is 119 Å². The first kappa shape index (κ1) is 13.4. The highest BCUT2D eigenvalue weighted by Crippen LogP contribution is 2.21. The van der Waals surface area contributed by atoms with E-state index in [0.717, 1.165) is 15.7 Å². The fourth-order valence-electron chi connectivity index (χ4n) is 1.63. The number of halogens is 3. The second-order valence-corrected chi connectivity index (χ2v) is 5.34. The molecular weight excluding hydrogens is 317 g/mol. The van der Waals surface area contributed by atoms with E-state index in [0.29, 0.717) is 17.1 Å². The van der Waals surface area contributed by atoms with Gasteiger partial charge in [0.05, 0.1) is 0 Å². The monoisotopic (exact) mass is 327 g/mol. The quantitative estimate of drug-likeness (QED) is 0.820. The number of rotatable bonds is 3. The van der Waals surface area contributed by atoms with Gasteiger partial charge >= 0.3 is 0 Å². The van der Waals surface area contributed by atoms with Gasteiger partial charge in [-0.15, -0.1) is 0 Å². The van der Waals surface area contributed by atoms with Crippen LogP contribution in [0.1, 0.15) is 11.1 Å². The molecule has 0 aliphatic carbocycles. The normalized spacial score (nSPS) is 10.4. The number of hydrogen-bond donors (Lipinski definition) is 1. The van der Waals surface area contributed by atoms with Crippen LogP contribution in [0.3, 0.4) is 0 Å². The molecule has 0 saturated heterocycles. The zero-order chi connectivity index (χ0) is 13.1. The molecule has 94 valence electrons. The Morgan fingerprint density at radius 3 is 2.72 bits per heavy atom. The molecule has 0 heterocycles. The van der Waals surface area contributed by atoms with Crippen molar-refractivity contribution in [1.29, 1.82) is 0 Å². The van der Waals surface area contributed by atoms with E-state index >= 15 is 0 Å². The van der Waals surface area contributed by atoms with E-state index in [1.807, 2.05) is 25.1 Å².